The number of benzene rings is 1. The van der Waals surface area contributed by atoms with Crippen LogP contribution in [0.3, 0.4) is 0 Å². The number of nitrogens with zero attached hydrogens (tertiary/aromatic N) is 2. The highest BCUT2D eigenvalue weighted by molar-refractivity contribution is 7.12. The molecule has 0 atom stereocenters. The summed E-state index contributed by atoms with van der Waals surface area (Å²) in [5, 5.41) is 2.91. The van der Waals surface area contributed by atoms with E-state index in [2.05, 4.69) is 15.6 Å². The van der Waals surface area contributed by atoms with Gasteiger partial charge < -0.3 is 0 Å². The summed E-state index contributed by atoms with van der Waals surface area (Å²) in [4.78, 5) is 16.5. The maximum atomic E-state index is 12.1. The lowest BCUT2D eigenvalue weighted by atomic mass is 10.1. The first kappa shape index (κ1) is 14.5. The van der Waals surface area contributed by atoms with Crippen LogP contribution in [-0.4, -0.2) is 15.3 Å². The first-order valence-corrected chi connectivity index (χ1v) is 7.91. The minimum absolute atomic E-state index is 0.0136. The highest BCUT2D eigenvalue weighted by atomic mass is 32.1. The van der Waals surface area contributed by atoms with E-state index >= 15 is 0 Å². The fourth-order valence-corrected chi connectivity index (χ4v) is 3.19. The van der Waals surface area contributed by atoms with Crippen LogP contribution in [0, 0.1) is 13.8 Å². The molecule has 2 aromatic heterocycles. The third kappa shape index (κ3) is 2.78. The number of carbonyl (C=O) groups excluding carboxylic acids is 1. The van der Waals surface area contributed by atoms with Crippen molar-refractivity contribution in [1.29, 1.82) is 0 Å². The van der Waals surface area contributed by atoms with Crippen LogP contribution in [0.15, 0.2) is 54.1 Å². The first-order chi connectivity index (χ1) is 10.7. The normalized spacial score (nSPS) is 11.2. The molecular formula is C18H16N2OS. The van der Waals surface area contributed by atoms with Gasteiger partial charge in [0.05, 0.1) is 0 Å². The quantitative estimate of drug-likeness (QED) is 0.527. The smallest absolute Gasteiger partial charge is 0.193 e. The topological polar surface area (TPSA) is 34.9 Å². The molecule has 110 valence electrons. The molecule has 0 bridgehead atoms. The molecule has 3 nitrogen and oxygen atoms in total. The van der Waals surface area contributed by atoms with Crippen LogP contribution >= 0.6 is 11.3 Å². The Morgan fingerprint density at radius 2 is 2.00 bits per heavy atom. The average molecular weight is 308 g/mol. The van der Waals surface area contributed by atoms with Gasteiger partial charge in [0.25, 0.3) is 0 Å². The molecule has 2 heterocycles. The fraction of sp³-hybridized carbons (Fsp3) is 0.111. The second-order valence-electron chi connectivity index (χ2n) is 5.04. The number of ketones is 1. The van der Waals surface area contributed by atoms with E-state index in [-0.39, 0.29) is 5.78 Å². The van der Waals surface area contributed by atoms with Crippen molar-refractivity contribution in [3.8, 4) is 5.13 Å². The predicted molar refractivity (Wildman–Crippen MR) is 90.7 cm³/mol. The van der Waals surface area contributed by atoms with Gasteiger partial charge in [-0.2, -0.15) is 0 Å². The van der Waals surface area contributed by atoms with Gasteiger partial charge in [-0.15, -0.1) is 11.3 Å². The Morgan fingerprint density at radius 1 is 1.23 bits per heavy atom. The van der Waals surface area contributed by atoms with Gasteiger partial charge in [-0.1, -0.05) is 30.3 Å². The van der Waals surface area contributed by atoms with Gasteiger partial charge in [0.2, 0.25) is 0 Å². The average Bonchev–Trinajstić information content (AvgIpc) is 3.14. The summed E-state index contributed by atoms with van der Waals surface area (Å²) in [6, 6.07) is 11.4. The highest BCUT2D eigenvalue weighted by Crippen LogP contribution is 2.23. The molecule has 0 unspecified atom stereocenters. The summed E-state index contributed by atoms with van der Waals surface area (Å²) in [6.07, 6.45) is 5.30. The third-order valence-corrected chi connectivity index (χ3v) is 4.31. The summed E-state index contributed by atoms with van der Waals surface area (Å²) >= 11 is 1.60. The first-order valence-electron chi connectivity index (χ1n) is 7.03. The monoisotopic (exact) mass is 308 g/mol. The molecular weight excluding hydrogens is 292 g/mol. The number of hydrogen-bond acceptors (Lipinski definition) is 3. The van der Waals surface area contributed by atoms with Crippen LogP contribution in [-0.2, 0) is 0 Å². The number of allylic oxidation sites excluding steroid dienone is 1. The van der Waals surface area contributed by atoms with E-state index in [9.17, 15) is 4.79 Å². The molecule has 1 aromatic carbocycles. The standard InChI is InChI=1S/C18H16N2OS/c1-13-12-16(14(2)20(13)18-19-10-11-22-18)8-9-17(21)15-6-4-3-5-7-15/h3-12H,1-2H3/b9-8+. The molecule has 0 aliphatic rings. The van der Waals surface area contributed by atoms with Crippen molar-refractivity contribution in [1.82, 2.24) is 9.55 Å². The Balaban J connectivity index is 1.89. The molecule has 4 heteroatoms. The summed E-state index contributed by atoms with van der Waals surface area (Å²) < 4.78 is 2.11. The van der Waals surface area contributed by atoms with Crippen molar-refractivity contribution in [2.45, 2.75) is 13.8 Å². The van der Waals surface area contributed by atoms with Crippen LogP contribution in [0.4, 0.5) is 0 Å². The Kier molecular flexibility index (Phi) is 4.02. The van der Waals surface area contributed by atoms with E-state index in [4.69, 9.17) is 0 Å². The molecule has 0 fully saturated rings. The minimum Gasteiger partial charge on any atom is -0.294 e. The van der Waals surface area contributed by atoms with Crippen molar-refractivity contribution >= 4 is 23.2 Å². The van der Waals surface area contributed by atoms with E-state index in [1.165, 1.54) is 0 Å². The molecule has 0 saturated carbocycles. The number of hydrogen-bond donors (Lipinski definition) is 0. The fourth-order valence-electron chi connectivity index (χ4n) is 2.44. The Bertz CT molecular complexity index is 814. The molecule has 3 rings (SSSR count). The zero-order chi connectivity index (χ0) is 15.5. The molecule has 0 aliphatic heterocycles. The number of thiazole rings is 1. The number of aromatic nitrogens is 2. The third-order valence-electron chi connectivity index (χ3n) is 3.55. The van der Waals surface area contributed by atoms with Gasteiger partial charge in [0, 0.05) is 28.5 Å². The Labute approximate surface area is 133 Å². The van der Waals surface area contributed by atoms with Crippen molar-refractivity contribution < 1.29 is 4.79 Å². The van der Waals surface area contributed by atoms with Crippen LogP contribution in [0.5, 0.6) is 0 Å². The second-order valence-corrected chi connectivity index (χ2v) is 5.91. The van der Waals surface area contributed by atoms with Crippen LogP contribution in [0.2, 0.25) is 0 Å². The molecule has 22 heavy (non-hydrogen) atoms. The molecule has 0 amide bonds. The van der Waals surface area contributed by atoms with E-state index in [0.29, 0.717) is 5.56 Å². The molecule has 0 N–H and O–H groups in total. The summed E-state index contributed by atoms with van der Waals surface area (Å²) in [5.74, 6) is 0.0136. The molecule has 0 spiro atoms. The summed E-state index contributed by atoms with van der Waals surface area (Å²) in [7, 11) is 0. The van der Waals surface area contributed by atoms with Gasteiger partial charge in [0.1, 0.15) is 0 Å². The van der Waals surface area contributed by atoms with Crippen LogP contribution < -0.4 is 0 Å². The highest BCUT2D eigenvalue weighted by Gasteiger charge is 2.10. The lowest BCUT2D eigenvalue weighted by molar-refractivity contribution is 0.104. The zero-order valence-electron chi connectivity index (χ0n) is 12.5. The van der Waals surface area contributed by atoms with Gasteiger partial charge in [-0.05, 0) is 37.6 Å². The predicted octanol–water partition coefficient (Wildman–Crippen LogP) is 4.45. The van der Waals surface area contributed by atoms with Crippen molar-refractivity contribution in [2.24, 2.45) is 0 Å². The molecule has 0 radical (unpaired) electrons. The van der Waals surface area contributed by atoms with E-state index in [1.807, 2.05) is 55.6 Å². The summed E-state index contributed by atoms with van der Waals surface area (Å²) in [5.41, 5.74) is 3.94. The lowest BCUT2D eigenvalue weighted by Crippen LogP contribution is -1.98. The van der Waals surface area contributed by atoms with E-state index in [1.54, 1.807) is 23.6 Å². The molecule has 0 aliphatic carbocycles. The van der Waals surface area contributed by atoms with Gasteiger partial charge >= 0.3 is 0 Å². The van der Waals surface area contributed by atoms with Gasteiger partial charge in [-0.25, -0.2) is 4.98 Å². The number of rotatable bonds is 4. The van der Waals surface area contributed by atoms with E-state index < -0.39 is 0 Å². The Hall–Kier alpha value is -2.46. The van der Waals surface area contributed by atoms with Crippen LogP contribution in [0.1, 0.15) is 27.3 Å². The van der Waals surface area contributed by atoms with Crippen molar-refractivity contribution in [3.05, 3.63) is 76.6 Å². The second kappa shape index (κ2) is 6.12. The largest absolute Gasteiger partial charge is 0.294 e. The van der Waals surface area contributed by atoms with Gasteiger partial charge in [0.15, 0.2) is 10.9 Å². The SMILES string of the molecule is Cc1cc(/C=C/C(=O)c2ccccc2)c(C)n1-c1nccs1. The minimum atomic E-state index is 0.0136. The maximum Gasteiger partial charge on any atom is 0.193 e. The number of carbonyl (C=O) groups is 1. The van der Waals surface area contributed by atoms with Crippen molar-refractivity contribution in [2.75, 3.05) is 0 Å². The van der Waals surface area contributed by atoms with Crippen LogP contribution in [0.25, 0.3) is 11.2 Å². The lowest BCUT2D eigenvalue weighted by Gasteiger charge is -2.04. The summed E-state index contributed by atoms with van der Waals surface area (Å²) in [6.45, 7) is 4.09. The maximum absolute atomic E-state index is 12.1. The molecule has 0 saturated heterocycles. The zero-order valence-corrected chi connectivity index (χ0v) is 13.3. The van der Waals surface area contributed by atoms with E-state index in [0.717, 1.165) is 22.1 Å². The van der Waals surface area contributed by atoms with Crippen molar-refractivity contribution in [3.63, 3.8) is 0 Å². The molecule has 3 aromatic rings. The Morgan fingerprint density at radius 3 is 2.68 bits per heavy atom. The van der Waals surface area contributed by atoms with Gasteiger partial charge in [-0.3, -0.25) is 9.36 Å². The number of aryl methyl sites for hydroxylation is 1.